The minimum absolute atomic E-state index is 0.630. The number of hydrogen-bond donors (Lipinski definition) is 2. The fourth-order valence-corrected chi connectivity index (χ4v) is 1.45. The van der Waals surface area contributed by atoms with Gasteiger partial charge in [-0.05, 0) is 13.8 Å². The minimum Gasteiger partial charge on any atom is -0.381 e. The molecule has 0 spiro atoms. The highest BCUT2D eigenvalue weighted by atomic mass is 15.3. The van der Waals surface area contributed by atoms with Crippen molar-refractivity contribution in [3.63, 3.8) is 0 Å². The maximum absolute atomic E-state index is 5.44. The van der Waals surface area contributed by atoms with Crippen molar-refractivity contribution in [1.82, 2.24) is 9.78 Å². The number of aromatic nitrogens is 2. The van der Waals surface area contributed by atoms with Gasteiger partial charge in [-0.15, -0.1) is 6.58 Å². The van der Waals surface area contributed by atoms with Gasteiger partial charge in [0.25, 0.3) is 0 Å². The zero-order valence-electron chi connectivity index (χ0n) is 8.88. The Hall–Kier alpha value is -1.29. The van der Waals surface area contributed by atoms with Crippen LogP contribution in [-0.4, -0.2) is 22.9 Å². The summed E-state index contributed by atoms with van der Waals surface area (Å²) in [5.74, 6) is 0. The Labute approximate surface area is 84.8 Å². The van der Waals surface area contributed by atoms with Crippen molar-refractivity contribution in [3.05, 3.63) is 24.0 Å². The summed E-state index contributed by atoms with van der Waals surface area (Å²) in [6.45, 7) is 9.89. The molecule has 0 aliphatic rings. The fourth-order valence-electron chi connectivity index (χ4n) is 1.45. The number of anilines is 1. The predicted octanol–water partition coefficient (Wildman–Crippen LogP) is 1.06. The van der Waals surface area contributed by atoms with Crippen LogP contribution in [0.2, 0.25) is 0 Å². The molecule has 0 unspecified atom stereocenters. The van der Waals surface area contributed by atoms with Crippen LogP contribution in [0.15, 0.2) is 12.7 Å². The van der Waals surface area contributed by atoms with Gasteiger partial charge in [-0.3, -0.25) is 4.68 Å². The van der Waals surface area contributed by atoms with Gasteiger partial charge in [0, 0.05) is 13.1 Å². The van der Waals surface area contributed by atoms with Crippen molar-refractivity contribution in [2.24, 2.45) is 5.73 Å². The lowest BCUT2D eigenvalue weighted by Gasteiger charge is -2.04. The first-order chi connectivity index (χ1) is 6.70. The largest absolute Gasteiger partial charge is 0.381 e. The highest BCUT2D eigenvalue weighted by Gasteiger charge is 2.08. The average Bonchev–Trinajstić information content (AvgIpc) is 2.41. The molecule has 1 aromatic rings. The molecule has 0 saturated carbocycles. The topological polar surface area (TPSA) is 55.9 Å². The highest BCUT2D eigenvalue weighted by Crippen LogP contribution is 2.18. The number of allylic oxidation sites excluding steroid dienone is 1. The van der Waals surface area contributed by atoms with Gasteiger partial charge in [-0.2, -0.15) is 5.10 Å². The van der Waals surface area contributed by atoms with Crippen LogP contribution in [0.1, 0.15) is 11.4 Å². The molecule has 4 nitrogen and oxygen atoms in total. The van der Waals surface area contributed by atoms with Crippen LogP contribution >= 0.6 is 0 Å². The summed E-state index contributed by atoms with van der Waals surface area (Å²) in [4.78, 5) is 0. The second-order valence-corrected chi connectivity index (χ2v) is 3.23. The van der Waals surface area contributed by atoms with E-state index in [1.807, 2.05) is 24.6 Å². The van der Waals surface area contributed by atoms with Gasteiger partial charge in [-0.25, -0.2) is 0 Å². The van der Waals surface area contributed by atoms with E-state index in [4.69, 9.17) is 5.73 Å². The Kier molecular flexibility index (Phi) is 3.71. The van der Waals surface area contributed by atoms with Gasteiger partial charge in [0.1, 0.15) is 0 Å². The van der Waals surface area contributed by atoms with Crippen LogP contribution in [-0.2, 0) is 6.54 Å². The van der Waals surface area contributed by atoms with Gasteiger partial charge in [0.15, 0.2) is 0 Å². The smallest absolute Gasteiger partial charge is 0.0828 e. The van der Waals surface area contributed by atoms with Gasteiger partial charge >= 0.3 is 0 Å². The molecular formula is C10H18N4. The van der Waals surface area contributed by atoms with Crippen molar-refractivity contribution >= 4 is 5.69 Å². The van der Waals surface area contributed by atoms with E-state index < -0.39 is 0 Å². The first kappa shape index (κ1) is 10.8. The molecule has 1 rings (SSSR count). The van der Waals surface area contributed by atoms with Crippen LogP contribution in [0.5, 0.6) is 0 Å². The molecule has 1 heterocycles. The lowest BCUT2D eigenvalue weighted by molar-refractivity contribution is 0.673. The van der Waals surface area contributed by atoms with E-state index >= 15 is 0 Å². The maximum Gasteiger partial charge on any atom is 0.0828 e. The first-order valence-electron chi connectivity index (χ1n) is 4.79. The molecule has 0 atom stereocenters. The van der Waals surface area contributed by atoms with Crippen molar-refractivity contribution in [3.8, 4) is 0 Å². The molecule has 0 amide bonds. The minimum atomic E-state index is 0.630. The Bertz CT molecular complexity index is 314. The summed E-state index contributed by atoms with van der Waals surface area (Å²) in [5.41, 5.74) is 8.68. The third-order valence-electron chi connectivity index (χ3n) is 2.13. The normalized spacial score (nSPS) is 10.2. The summed E-state index contributed by atoms with van der Waals surface area (Å²) in [5, 5.41) is 7.66. The number of hydrogen-bond acceptors (Lipinski definition) is 3. The van der Waals surface area contributed by atoms with Gasteiger partial charge in [-0.1, -0.05) is 6.08 Å². The maximum atomic E-state index is 5.44. The Morgan fingerprint density at radius 1 is 1.57 bits per heavy atom. The summed E-state index contributed by atoms with van der Waals surface area (Å²) in [6, 6.07) is 0. The second kappa shape index (κ2) is 4.81. The summed E-state index contributed by atoms with van der Waals surface area (Å²) in [7, 11) is 0. The predicted molar refractivity (Wildman–Crippen MR) is 59.4 cm³/mol. The molecule has 1 aromatic heterocycles. The van der Waals surface area contributed by atoms with E-state index in [1.165, 1.54) is 0 Å². The fraction of sp³-hybridized carbons (Fsp3) is 0.500. The van der Waals surface area contributed by atoms with Crippen LogP contribution in [0.3, 0.4) is 0 Å². The summed E-state index contributed by atoms with van der Waals surface area (Å²) in [6.07, 6.45) is 1.84. The van der Waals surface area contributed by atoms with Gasteiger partial charge in [0.2, 0.25) is 0 Å². The van der Waals surface area contributed by atoms with Crippen molar-refractivity contribution < 1.29 is 0 Å². The first-order valence-corrected chi connectivity index (χ1v) is 4.79. The van der Waals surface area contributed by atoms with E-state index in [0.717, 1.165) is 30.2 Å². The van der Waals surface area contributed by atoms with Crippen molar-refractivity contribution in [2.75, 3.05) is 18.4 Å². The molecule has 0 radical (unpaired) electrons. The van der Waals surface area contributed by atoms with Crippen molar-refractivity contribution in [1.29, 1.82) is 0 Å². The van der Waals surface area contributed by atoms with E-state index in [-0.39, 0.29) is 0 Å². The molecule has 0 saturated heterocycles. The molecule has 0 aromatic carbocycles. The van der Waals surface area contributed by atoms with Crippen molar-refractivity contribution in [2.45, 2.75) is 20.4 Å². The average molecular weight is 194 g/mol. The molecule has 78 valence electrons. The number of rotatable bonds is 5. The summed E-state index contributed by atoms with van der Waals surface area (Å²) < 4.78 is 1.93. The molecule has 14 heavy (non-hydrogen) atoms. The van der Waals surface area contributed by atoms with Gasteiger partial charge < -0.3 is 11.1 Å². The van der Waals surface area contributed by atoms with Crippen LogP contribution < -0.4 is 11.1 Å². The Balaban J connectivity index is 2.86. The standard InChI is InChI=1S/C10H18N4/c1-4-7-14-9(3)10(8(2)13-14)12-6-5-11/h4,12H,1,5-7,11H2,2-3H3. The quantitative estimate of drug-likeness (QED) is 0.689. The van der Waals surface area contributed by atoms with Gasteiger partial charge in [0.05, 0.1) is 23.6 Å². The number of nitrogens with two attached hydrogens (primary N) is 1. The molecule has 3 N–H and O–H groups in total. The van der Waals surface area contributed by atoms with E-state index in [2.05, 4.69) is 17.0 Å². The van der Waals surface area contributed by atoms with Crippen LogP contribution in [0.25, 0.3) is 0 Å². The molecule has 0 fully saturated rings. The summed E-state index contributed by atoms with van der Waals surface area (Å²) >= 11 is 0. The zero-order chi connectivity index (χ0) is 10.6. The lowest BCUT2D eigenvalue weighted by atomic mass is 10.3. The van der Waals surface area contributed by atoms with E-state index in [1.54, 1.807) is 0 Å². The monoisotopic (exact) mass is 194 g/mol. The lowest BCUT2D eigenvalue weighted by Crippen LogP contribution is -2.14. The number of nitrogens with zero attached hydrogens (tertiary/aromatic N) is 2. The van der Waals surface area contributed by atoms with E-state index in [0.29, 0.717) is 6.54 Å². The zero-order valence-corrected chi connectivity index (χ0v) is 8.88. The molecule has 4 heteroatoms. The third-order valence-corrected chi connectivity index (χ3v) is 2.13. The molecular weight excluding hydrogens is 176 g/mol. The second-order valence-electron chi connectivity index (χ2n) is 3.23. The molecule has 0 bridgehead atoms. The third kappa shape index (κ3) is 2.14. The Morgan fingerprint density at radius 3 is 2.86 bits per heavy atom. The molecule has 0 aliphatic heterocycles. The van der Waals surface area contributed by atoms with Crippen LogP contribution in [0.4, 0.5) is 5.69 Å². The highest BCUT2D eigenvalue weighted by molar-refractivity contribution is 5.52. The Morgan fingerprint density at radius 2 is 2.29 bits per heavy atom. The molecule has 0 aliphatic carbocycles. The number of aryl methyl sites for hydroxylation is 1. The van der Waals surface area contributed by atoms with Crippen LogP contribution in [0, 0.1) is 13.8 Å². The SMILES string of the molecule is C=CCn1nc(C)c(NCCN)c1C. The van der Waals surface area contributed by atoms with E-state index in [9.17, 15) is 0 Å². The number of nitrogens with one attached hydrogen (secondary N) is 1.